The molecule has 2 heterocycles. The Morgan fingerprint density at radius 2 is 2.04 bits per heavy atom. The zero-order valence-corrected chi connectivity index (χ0v) is 13.3. The third-order valence-electron chi connectivity index (χ3n) is 4.01. The van der Waals surface area contributed by atoms with Crippen LogP contribution in [0.3, 0.4) is 0 Å². The van der Waals surface area contributed by atoms with Gasteiger partial charge in [-0.25, -0.2) is 4.98 Å². The molecule has 0 amide bonds. The van der Waals surface area contributed by atoms with Gasteiger partial charge >= 0.3 is 0 Å². The maximum Gasteiger partial charge on any atom is 0.155 e. The van der Waals surface area contributed by atoms with E-state index in [4.69, 9.17) is 4.74 Å². The van der Waals surface area contributed by atoms with E-state index in [-0.39, 0.29) is 12.6 Å². The van der Waals surface area contributed by atoms with Crippen LogP contribution in [0.15, 0.2) is 49.1 Å². The van der Waals surface area contributed by atoms with Crippen LogP contribution >= 0.6 is 0 Å². The van der Waals surface area contributed by atoms with Crippen LogP contribution < -0.4 is 4.74 Å². The summed E-state index contributed by atoms with van der Waals surface area (Å²) < 4.78 is 7.19. The predicted molar refractivity (Wildman–Crippen MR) is 87.3 cm³/mol. The normalized spacial score (nSPS) is 12.7. The molecule has 2 aromatic heterocycles. The van der Waals surface area contributed by atoms with Crippen molar-refractivity contribution in [1.82, 2.24) is 19.3 Å². The van der Waals surface area contributed by atoms with E-state index in [1.165, 1.54) is 0 Å². The number of aromatic nitrogens is 3. The second-order valence-corrected chi connectivity index (χ2v) is 5.44. The third-order valence-corrected chi connectivity index (χ3v) is 4.01. The molecule has 0 aliphatic carbocycles. The molecule has 0 saturated heterocycles. The van der Waals surface area contributed by atoms with Gasteiger partial charge in [-0.05, 0) is 24.7 Å². The molecular formula is C17H20N4O2. The van der Waals surface area contributed by atoms with Crippen LogP contribution in [-0.2, 0) is 6.54 Å². The SMILES string of the molecule is COc1ccc(C(CO)N(C)Cc2cnc3cnccn23)cc1. The molecule has 0 aliphatic rings. The van der Waals surface area contributed by atoms with E-state index < -0.39 is 0 Å². The third kappa shape index (κ3) is 3.18. The highest BCUT2D eigenvalue weighted by molar-refractivity contribution is 5.37. The van der Waals surface area contributed by atoms with Crippen molar-refractivity contribution in [3.8, 4) is 5.75 Å². The summed E-state index contributed by atoms with van der Waals surface area (Å²) in [6, 6.07) is 7.69. The number of benzene rings is 1. The summed E-state index contributed by atoms with van der Waals surface area (Å²) in [6.07, 6.45) is 7.21. The lowest BCUT2D eigenvalue weighted by Crippen LogP contribution is -2.27. The fraction of sp³-hybridized carbons (Fsp3) is 0.294. The molecule has 0 saturated carbocycles. The van der Waals surface area contributed by atoms with E-state index >= 15 is 0 Å². The molecule has 23 heavy (non-hydrogen) atoms. The molecule has 1 aromatic carbocycles. The smallest absolute Gasteiger partial charge is 0.155 e. The molecule has 6 nitrogen and oxygen atoms in total. The summed E-state index contributed by atoms with van der Waals surface area (Å²) in [5, 5.41) is 9.81. The summed E-state index contributed by atoms with van der Waals surface area (Å²) >= 11 is 0. The Morgan fingerprint density at radius 3 is 2.74 bits per heavy atom. The number of hydrogen-bond acceptors (Lipinski definition) is 5. The first-order chi connectivity index (χ1) is 11.2. The number of fused-ring (bicyclic) bond motifs is 1. The van der Waals surface area contributed by atoms with Crippen molar-refractivity contribution in [2.75, 3.05) is 20.8 Å². The van der Waals surface area contributed by atoms with Crippen molar-refractivity contribution in [3.63, 3.8) is 0 Å². The largest absolute Gasteiger partial charge is 0.497 e. The van der Waals surface area contributed by atoms with E-state index in [0.717, 1.165) is 22.7 Å². The minimum atomic E-state index is -0.0895. The van der Waals surface area contributed by atoms with E-state index in [1.807, 2.05) is 48.1 Å². The highest BCUT2D eigenvalue weighted by atomic mass is 16.5. The number of hydrogen-bond donors (Lipinski definition) is 1. The molecule has 6 heteroatoms. The zero-order chi connectivity index (χ0) is 16.2. The Balaban J connectivity index is 1.80. The van der Waals surface area contributed by atoms with Crippen LogP contribution in [0.5, 0.6) is 5.75 Å². The lowest BCUT2D eigenvalue weighted by molar-refractivity contribution is 0.141. The molecule has 3 aromatic rings. The molecule has 1 atom stereocenters. The van der Waals surface area contributed by atoms with Gasteiger partial charge in [0.2, 0.25) is 0 Å². The van der Waals surface area contributed by atoms with Gasteiger partial charge in [0.05, 0.1) is 37.8 Å². The Morgan fingerprint density at radius 1 is 1.26 bits per heavy atom. The monoisotopic (exact) mass is 312 g/mol. The molecule has 0 fully saturated rings. The number of ether oxygens (including phenoxy) is 1. The topological polar surface area (TPSA) is 62.9 Å². The minimum Gasteiger partial charge on any atom is -0.497 e. The molecule has 1 N–H and O–H groups in total. The number of nitrogens with zero attached hydrogens (tertiary/aromatic N) is 4. The van der Waals surface area contributed by atoms with Crippen molar-refractivity contribution >= 4 is 5.65 Å². The van der Waals surface area contributed by atoms with Crippen molar-refractivity contribution in [2.24, 2.45) is 0 Å². The van der Waals surface area contributed by atoms with Gasteiger partial charge in [-0.15, -0.1) is 0 Å². The van der Waals surface area contributed by atoms with E-state index in [1.54, 1.807) is 19.5 Å². The first-order valence-electron chi connectivity index (χ1n) is 7.44. The standard InChI is InChI=1S/C17H20N4O2/c1-20(11-14-9-19-17-10-18-7-8-21(14)17)16(12-22)13-3-5-15(23-2)6-4-13/h3-10,16,22H,11-12H2,1-2H3. The Bertz CT molecular complexity index is 770. The molecule has 1 unspecified atom stereocenters. The van der Waals surface area contributed by atoms with Crippen molar-refractivity contribution in [2.45, 2.75) is 12.6 Å². The summed E-state index contributed by atoms with van der Waals surface area (Å²) in [7, 11) is 3.63. The average molecular weight is 312 g/mol. The van der Waals surface area contributed by atoms with Gasteiger partial charge in [-0.2, -0.15) is 0 Å². The van der Waals surface area contributed by atoms with Crippen molar-refractivity contribution in [3.05, 3.63) is 60.3 Å². The predicted octanol–water partition coefficient (Wildman–Crippen LogP) is 1.90. The zero-order valence-electron chi connectivity index (χ0n) is 13.3. The minimum absolute atomic E-state index is 0.0428. The average Bonchev–Trinajstić information content (AvgIpc) is 2.99. The second-order valence-electron chi connectivity index (χ2n) is 5.44. The van der Waals surface area contributed by atoms with Crippen LogP contribution in [0.1, 0.15) is 17.3 Å². The summed E-state index contributed by atoms with van der Waals surface area (Å²) in [5.41, 5.74) is 2.92. The summed E-state index contributed by atoms with van der Waals surface area (Å²) in [5.74, 6) is 0.808. The van der Waals surface area contributed by atoms with Crippen molar-refractivity contribution in [1.29, 1.82) is 0 Å². The summed E-state index contributed by atoms with van der Waals surface area (Å²) in [4.78, 5) is 10.5. The van der Waals surface area contributed by atoms with Crippen LogP contribution in [0.25, 0.3) is 5.65 Å². The van der Waals surface area contributed by atoms with Crippen molar-refractivity contribution < 1.29 is 9.84 Å². The van der Waals surface area contributed by atoms with Gasteiger partial charge in [-0.1, -0.05) is 12.1 Å². The van der Waals surface area contributed by atoms with Gasteiger partial charge in [-0.3, -0.25) is 14.3 Å². The number of aliphatic hydroxyl groups excluding tert-OH is 1. The molecule has 3 rings (SSSR count). The van der Waals surface area contributed by atoms with Crippen LogP contribution in [0, 0.1) is 0 Å². The van der Waals surface area contributed by atoms with E-state index in [9.17, 15) is 5.11 Å². The molecular weight excluding hydrogens is 292 g/mol. The number of rotatable bonds is 6. The van der Waals surface area contributed by atoms with Crippen LogP contribution in [0.4, 0.5) is 0 Å². The van der Waals surface area contributed by atoms with E-state index in [2.05, 4.69) is 14.9 Å². The second kappa shape index (κ2) is 6.76. The number of likely N-dealkylation sites (N-methyl/N-ethyl adjacent to an activating group) is 1. The number of imidazole rings is 1. The fourth-order valence-electron chi connectivity index (χ4n) is 2.70. The maximum absolute atomic E-state index is 9.81. The van der Waals surface area contributed by atoms with E-state index in [0.29, 0.717) is 6.54 Å². The molecule has 0 spiro atoms. The number of aliphatic hydroxyl groups is 1. The Hall–Kier alpha value is -2.44. The Labute approximate surface area is 135 Å². The van der Waals surface area contributed by atoms with Gasteiger partial charge in [0.25, 0.3) is 0 Å². The molecule has 0 aliphatic heterocycles. The summed E-state index contributed by atoms with van der Waals surface area (Å²) in [6.45, 7) is 0.712. The van der Waals surface area contributed by atoms with Gasteiger partial charge in [0.1, 0.15) is 5.75 Å². The van der Waals surface area contributed by atoms with Crippen LogP contribution in [-0.4, -0.2) is 45.1 Å². The highest BCUT2D eigenvalue weighted by Gasteiger charge is 2.18. The lowest BCUT2D eigenvalue weighted by atomic mass is 10.1. The van der Waals surface area contributed by atoms with Gasteiger partial charge < -0.3 is 9.84 Å². The molecule has 120 valence electrons. The molecule has 0 bridgehead atoms. The fourth-order valence-corrected chi connectivity index (χ4v) is 2.70. The molecule has 0 radical (unpaired) electrons. The Kier molecular flexibility index (Phi) is 4.55. The highest BCUT2D eigenvalue weighted by Crippen LogP contribution is 2.23. The van der Waals surface area contributed by atoms with Crippen LogP contribution in [0.2, 0.25) is 0 Å². The lowest BCUT2D eigenvalue weighted by Gasteiger charge is -2.26. The first kappa shape index (κ1) is 15.5. The quantitative estimate of drug-likeness (QED) is 0.753. The first-order valence-corrected chi connectivity index (χ1v) is 7.44. The number of methoxy groups -OCH3 is 1. The maximum atomic E-state index is 9.81. The van der Waals surface area contributed by atoms with Gasteiger partial charge in [0.15, 0.2) is 5.65 Å². The van der Waals surface area contributed by atoms with Gasteiger partial charge in [0, 0.05) is 18.9 Å².